The minimum atomic E-state index is 0.690. The SMILES string of the molecule is Nc1cccc(OCCCSc2ncns2)c1. The zero-order chi connectivity index (χ0) is 11.9. The number of nitrogens with two attached hydrogens (primary N) is 1. The van der Waals surface area contributed by atoms with E-state index in [9.17, 15) is 0 Å². The molecule has 0 spiro atoms. The average Bonchev–Trinajstić information content (AvgIpc) is 2.82. The lowest BCUT2D eigenvalue weighted by Crippen LogP contribution is -1.99. The first-order chi connectivity index (χ1) is 8.34. The minimum absolute atomic E-state index is 0.690. The van der Waals surface area contributed by atoms with E-state index in [0.29, 0.717) is 6.61 Å². The second kappa shape index (κ2) is 6.46. The molecule has 0 atom stereocenters. The van der Waals surface area contributed by atoms with Crippen LogP contribution in [0.3, 0.4) is 0 Å². The van der Waals surface area contributed by atoms with E-state index < -0.39 is 0 Å². The molecule has 0 aliphatic rings. The highest BCUT2D eigenvalue weighted by Crippen LogP contribution is 2.19. The van der Waals surface area contributed by atoms with E-state index in [-0.39, 0.29) is 0 Å². The summed E-state index contributed by atoms with van der Waals surface area (Å²) >= 11 is 3.13. The predicted octanol–water partition coefficient (Wildman–Crippen LogP) is 2.68. The van der Waals surface area contributed by atoms with Crippen molar-refractivity contribution in [2.75, 3.05) is 18.1 Å². The normalized spacial score (nSPS) is 10.4. The summed E-state index contributed by atoms with van der Waals surface area (Å²) in [5.74, 6) is 1.81. The van der Waals surface area contributed by atoms with Crippen LogP contribution >= 0.6 is 23.3 Å². The van der Waals surface area contributed by atoms with Crippen LogP contribution in [0.2, 0.25) is 0 Å². The molecule has 17 heavy (non-hydrogen) atoms. The van der Waals surface area contributed by atoms with Crippen molar-refractivity contribution in [1.29, 1.82) is 0 Å². The number of rotatable bonds is 6. The zero-order valence-corrected chi connectivity index (χ0v) is 10.8. The number of ether oxygens (including phenoxy) is 1. The molecule has 2 rings (SSSR count). The van der Waals surface area contributed by atoms with Gasteiger partial charge in [0.1, 0.15) is 12.1 Å². The first-order valence-corrected chi connectivity index (χ1v) is 6.98. The molecule has 0 saturated heterocycles. The molecule has 0 amide bonds. The Morgan fingerprint density at radius 2 is 2.35 bits per heavy atom. The molecular formula is C11H13N3OS2. The summed E-state index contributed by atoms with van der Waals surface area (Å²) < 4.78 is 10.5. The van der Waals surface area contributed by atoms with Gasteiger partial charge in [0.15, 0.2) is 4.34 Å². The van der Waals surface area contributed by atoms with E-state index >= 15 is 0 Å². The van der Waals surface area contributed by atoms with Gasteiger partial charge in [-0.15, -0.1) is 0 Å². The van der Waals surface area contributed by atoms with E-state index in [1.165, 1.54) is 11.5 Å². The van der Waals surface area contributed by atoms with Crippen molar-refractivity contribution in [2.45, 2.75) is 10.8 Å². The number of thioether (sulfide) groups is 1. The van der Waals surface area contributed by atoms with Crippen LogP contribution in [0.15, 0.2) is 34.9 Å². The van der Waals surface area contributed by atoms with Crippen molar-refractivity contribution in [1.82, 2.24) is 9.36 Å². The fourth-order valence-electron chi connectivity index (χ4n) is 1.24. The lowest BCUT2D eigenvalue weighted by atomic mass is 10.3. The molecule has 0 unspecified atom stereocenters. The Balaban J connectivity index is 1.63. The van der Waals surface area contributed by atoms with Crippen LogP contribution in [0.25, 0.3) is 0 Å². The summed E-state index contributed by atoms with van der Waals surface area (Å²) in [5, 5.41) is 0. The third kappa shape index (κ3) is 4.24. The van der Waals surface area contributed by atoms with Crippen LogP contribution in [0, 0.1) is 0 Å². The van der Waals surface area contributed by atoms with Crippen LogP contribution in [-0.4, -0.2) is 21.7 Å². The summed E-state index contributed by atoms with van der Waals surface area (Å²) in [6.45, 7) is 0.690. The topological polar surface area (TPSA) is 61.0 Å². The monoisotopic (exact) mass is 267 g/mol. The molecular weight excluding hydrogens is 254 g/mol. The predicted molar refractivity (Wildman–Crippen MR) is 71.6 cm³/mol. The molecule has 0 fully saturated rings. The highest BCUT2D eigenvalue weighted by Gasteiger charge is 1.98. The Bertz CT molecular complexity index is 448. The van der Waals surface area contributed by atoms with E-state index in [2.05, 4.69) is 9.36 Å². The Morgan fingerprint density at radius 1 is 1.41 bits per heavy atom. The molecule has 4 nitrogen and oxygen atoms in total. The van der Waals surface area contributed by atoms with Gasteiger partial charge in [0, 0.05) is 17.5 Å². The van der Waals surface area contributed by atoms with Gasteiger partial charge >= 0.3 is 0 Å². The van der Waals surface area contributed by atoms with Crippen LogP contribution < -0.4 is 10.5 Å². The number of hydrogen-bond donors (Lipinski definition) is 1. The van der Waals surface area contributed by atoms with Gasteiger partial charge in [0.25, 0.3) is 0 Å². The van der Waals surface area contributed by atoms with Crippen molar-refractivity contribution >= 4 is 29.0 Å². The van der Waals surface area contributed by atoms with Crippen molar-refractivity contribution in [3.63, 3.8) is 0 Å². The molecule has 1 aromatic heterocycles. The second-order valence-corrected chi connectivity index (χ2v) is 5.45. The van der Waals surface area contributed by atoms with Crippen LogP contribution in [0.4, 0.5) is 5.69 Å². The fourth-order valence-corrected chi connectivity index (χ4v) is 2.67. The molecule has 0 saturated carbocycles. The quantitative estimate of drug-likeness (QED) is 0.495. The number of nitrogens with zero attached hydrogens (tertiary/aromatic N) is 2. The Hall–Kier alpha value is -1.27. The number of benzene rings is 1. The summed E-state index contributed by atoms with van der Waals surface area (Å²) in [7, 11) is 0. The fraction of sp³-hybridized carbons (Fsp3) is 0.273. The van der Waals surface area contributed by atoms with Crippen molar-refractivity contribution < 1.29 is 4.74 Å². The smallest absolute Gasteiger partial charge is 0.169 e. The highest BCUT2D eigenvalue weighted by atomic mass is 32.2. The zero-order valence-electron chi connectivity index (χ0n) is 9.20. The van der Waals surface area contributed by atoms with Crippen LogP contribution in [-0.2, 0) is 0 Å². The largest absolute Gasteiger partial charge is 0.493 e. The first-order valence-electron chi connectivity index (χ1n) is 5.22. The Morgan fingerprint density at radius 3 is 3.12 bits per heavy atom. The Labute approximate surface area is 108 Å². The molecule has 1 heterocycles. The summed E-state index contributed by atoms with van der Waals surface area (Å²) in [4.78, 5) is 4.10. The second-order valence-electron chi connectivity index (χ2n) is 3.33. The average molecular weight is 267 g/mol. The molecule has 2 aromatic rings. The van der Waals surface area contributed by atoms with Gasteiger partial charge in [-0.3, -0.25) is 0 Å². The maximum atomic E-state index is 5.66. The van der Waals surface area contributed by atoms with Crippen LogP contribution in [0.5, 0.6) is 5.75 Å². The molecule has 2 N–H and O–H groups in total. The first kappa shape index (κ1) is 12.2. The summed E-state index contributed by atoms with van der Waals surface area (Å²) in [6, 6.07) is 7.48. The van der Waals surface area contributed by atoms with Crippen LogP contribution in [0.1, 0.15) is 6.42 Å². The summed E-state index contributed by atoms with van der Waals surface area (Å²) in [6.07, 6.45) is 2.55. The molecule has 1 aromatic carbocycles. The van der Waals surface area contributed by atoms with Crippen molar-refractivity contribution in [2.24, 2.45) is 0 Å². The number of anilines is 1. The molecule has 90 valence electrons. The molecule has 0 aliphatic heterocycles. The summed E-state index contributed by atoms with van der Waals surface area (Å²) in [5.41, 5.74) is 6.38. The lowest BCUT2D eigenvalue weighted by Gasteiger charge is -2.05. The van der Waals surface area contributed by atoms with Gasteiger partial charge in [-0.2, -0.15) is 4.37 Å². The minimum Gasteiger partial charge on any atom is -0.493 e. The standard InChI is InChI=1S/C11H13N3OS2/c12-9-3-1-4-10(7-9)15-5-2-6-16-11-13-8-14-17-11/h1,3-4,7-8H,2,5-6,12H2. The van der Waals surface area contributed by atoms with Gasteiger partial charge in [0.2, 0.25) is 0 Å². The van der Waals surface area contributed by atoms with Gasteiger partial charge in [-0.1, -0.05) is 17.8 Å². The molecule has 0 bridgehead atoms. The maximum absolute atomic E-state index is 5.66. The van der Waals surface area contributed by atoms with E-state index in [0.717, 1.165) is 28.0 Å². The van der Waals surface area contributed by atoms with Gasteiger partial charge in [0.05, 0.1) is 6.61 Å². The van der Waals surface area contributed by atoms with Gasteiger partial charge < -0.3 is 10.5 Å². The van der Waals surface area contributed by atoms with Gasteiger partial charge in [-0.25, -0.2) is 4.98 Å². The third-order valence-electron chi connectivity index (χ3n) is 1.98. The third-order valence-corrected chi connectivity index (χ3v) is 3.87. The number of aromatic nitrogens is 2. The number of nitrogen functional groups attached to an aromatic ring is 1. The van der Waals surface area contributed by atoms with E-state index in [1.54, 1.807) is 18.1 Å². The maximum Gasteiger partial charge on any atom is 0.169 e. The van der Waals surface area contributed by atoms with Gasteiger partial charge in [-0.05, 0) is 30.1 Å². The molecule has 0 radical (unpaired) electrons. The lowest BCUT2D eigenvalue weighted by molar-refractivity contribution is 0.319. The van der Waals surface area contributed by atoms with E-state index in [4.69, 9.17) is 10.5 Å². The Kier molecular flexibility index (Phi) is 4.63. The number of hydrogen-bond acceptors (Lipinski definition) is 6. The molecule has 0 aliphatic carbocycles. The highest BCUT2D eigenvalue weighted by molar-refractivity contribution is 8.00. The van der Waals surface area contributed by atoms with Crippen molar-refractivity contribution in [3.8, 4) is 5.75 Å². The van der Waals surface area contributed by atoms with E-state index in [1.807, 2.05) is 24.3 Å². The van der Waals surface area contributed by atoms with Crippen molar-refractivity contribution in [3.05, 3.63) is 30.6 Å². The molecule has 6 heteroatoms.